The molecule has 2 aliphatic heterocycles. The van der Waals surface area contributed by atoms with Crippen molar-refractivity contribution in [1.29, 1.82) is 0 Å². The van der Waals surface area contributed by atoms with Crippen molar-refractivity contribution < 1.29 is 0 Å². The molecule has 94 valence electrons. The van der Waals surface area contributed by atoms with Gasteiger partial charge in [-0.2, -0.15) is 0 Å². The smallest absolute Gasteiger partial charge is 0.180 e. The summed E-state index contributed by atoms with van der Waals surface area (Å²) < 4.78 is 0. The van der Waals surface area contributed by atoms with E-state index in [2.05, 4.69) is 14.8 Å². The molecule has 0 radical (unpaired) electrons. The summed E-state index contributed by atoms with van der Waals surface area (Å²) in [4.78, 5) is 10.7. The first-order chi connectivity index (χ1) is 8.31. The molecule has 0 amide bonds. The van der Waals surface area contributed by atoms with Gasteiger partial charge in [0.15, 0.2) is 5.13 Å². The number of thiazole rings is 1. The van der Waals surface area contributed by atoms with Crippen LogP contribution in [0.1, 0.15) is 24.1 Å². The fourth-order valence-corrected chi connectivity index (χ4v) is 3.77. The van der Waals surface area contributed by atoms with Crippen LogP contribution >= 0.6 is 11.3 Å². The molecule has 4 nitrogen and oxygen atoms in total. The molecular weight excluding hydrogens is 232 g/mol. The predicted molar refractivity (Wildman–Crippen MR) is 71.0 cm³/mol. The quantitative estimate of drug-likeness (QED) is 0.864. The van der Waals surface area contributed by atoms with Crippen LogP contribution in [0.15, 0.2) is 6.20 Å². The van der Waals surface area contributed by atoms with Crippen LogP contribution in [0.2, 0.25) is 0 Å². The molecule has 0 saturated carbocycles. The lowest BCUT2D eigenvalue weighted by atomic mass is 10.2. The van der Waals surface area contributed by atoms with E-state index in [0.717, 1.165) is 12.6 Å². The number of nitrogens with zero attached hydrogens (tertiary/aromatic N) is 3. The van der Waals surface area contributed by atoms with Crippen molar-refractivity contribution in [3.05, 3.63) is 11.1 Å². The third-order valence-corrected chi connectivity index (χ3v) is 4.65. The van der Waals surface area contributed by atoms with Crippen LogP contribution in [0.5, 0.6) is 0 Å². The van der Waals surface area contributed by atoms with Crippen molar-refractivity contribution >= 4 is 16.5 Å². The van der Waals surface area contributed by atoms with Crippen LogP contribution in [-0.4, -0.2) is 47.0 Å². The average Bonchev–Trinajstić information content (AvgIpc) is 2.85. The Morgan fingerprint density at radius 3 is 3.06 bits per heavy atom. The number of aromatic nitrogens is 1. The van der Waals surface area contributed by atoms with E-state index in [4.69, 9.17) is 5.73 Å². The molecule has 17 heavy (non-hydrogen) atoms. The highest BCUT2D eigenvalue weighted by Gasteiger charge is 2.28. The summed E-state index contributed by atoms with van der Waals surface area (Å²) in [7, 11) is 0. The zero-order valence-electron chi connectivity index (χ0n) is 10.1. The van der Waals surface area contributed by atoms with E-state index in [-0.39, 0.29) is 0 Å². The number of anilines is 1. The second kappa shape index (κ2) is 4.92. The van der Waals surface area contributed by atoms with Crippen molar-refractivity contribution in [3.8, 4) is 0 Å². The van der Waals surface area contributed by atoms with Gasteiger partial charge in [0.1, 0.15) is 0 Å². The van der Waals surface area contributed by atoms with E-state index < -0.39 is 0 Å². The summed E-state index contributed by atoms with van der Waals surface area (Å²) >= 11 is 1.62. The van der Waals surface area contributed by atoms with E-state index in [1.807, 2.05) is 6.20 Å². The molecule has 2 saturated heterocycles. The van der Waals surface area contributed by atoms with E-state index in [9.17, 15) is 0 Å². The SMILES string of the molecule is Nc1ncc(CN2CCCN3CCCC3C2)s1. The molecule has 0 spiro atoms. The van der Waals surface area contributed by atoms with Crippen LogP contribution in [0.3, 0.4) is 0 Å². The van der Waals surface area contributed by atoms with Gasteiger partial charge >= 0.3 is 0 Å². The summed E-state index contributed by atoms with van der Waals surface area (Å²) in [6.45, 7) is 6.06. The molecule has 1 atom stereocenters. The monoisotopic (exact) mass is 252 g/mol. The van der Waals surface area contributed by atoms with Gasteiger partial charge in [0.2, 0.25) is 0 Å². The second-order valence-corrected chi connectivity index (χ2v) is 6.23. The van der Waals surface area contributed by atoms with Gasteiger partial charge in [0, 0.05) is 30.2 Å². The fraction of sp³-hybridized carbons (Fsp3) is 0.750. The molecule has 5 heteroatoms. The predicted octanol–water partition coefficient (Wildman–Crippen LogP) is 1.40. The Bertz CT molecular complexity index is 378. The number of hydrogen-bond acceptors (Lipinski definition) is 5. The molecular formula is C12H20N4S. The summed E-state index contributed by atoms with van der Waals surface area (Å²) in [6.07, 6.45) is 5.98. The minimum absolute atomic E-state index is 0.692. The lowest BCUT2D eigenvalue weighted by Gasteiger charge is -2.24. The van der Waals surface area contributed by atoms with Crippen LogP contribution in [0.25, 0.3) is 0 Å². The van der Waals surface area contributed by atoms with Gasteiger partial charge in [-0.25, -0.2) is 4.98 Å². The highest BCUT2D eigenvalue weighted by atomic mass is 32.1. The maximum absolute atomic E-state index is 5.68. The van der Waals surface area contributed by atoms with Crippen LogP contribution in [-0.2, 0) is 6.54 Å². The van der Waals surface area contributed by atoms with Crippen LogP contribution < -0.4 is 5.73 Å². The average molecular weight is 252 g/mol. The first kappa shape index (κ1) is 11.4. The number of nitrogens with two attached hydrogens (primary N) is 1. The molecule has 3 rings (SSSR count). The lowest BCUT2D eigenvalue weighted by Crippen LogP contribution is -2.36. The molecule has 0 aromatic carbocycles. The van der Waals surface area contributed by atoms with Gasteiger partial charge in [-0.1, -0.05) is 0 Å². The molecule has 2 N–H and O–H groups in total. The lowest BCUT2D eigenvalue weighted by molar-refractivity contribution is 0.216. The number of rotatable bonds is 2. The first-order valence-corrected chi connectivity index (χ1v) is 7.29. The van der Waals surface area contributed by atoms with Crippen LogP contribution in [0.4, 0.5) is 5.13 Å². The molecule has 1 aromatic rings. The number of hydrogen-bond donors (Lipinski definition) is 1. The normalized spacial score (nSPS) is 26.9. The molecule has 0 aliphatic carbocycles. The van der Waals surface area contributed by atoms with Gasteiger partial charge < -0.3 is 5.73 Å². The van der Waals surface area contributed by atoms with E-state index in [1.165, 1.54) is 50.3 Å². The summed E-state index contributed by atoms with van der Waals surface area (Å²) in [5.41, 5.74) is 5.68. The summed E-state index contributed by atoms with van der Waals surface area (Å²) in [5, 5.41) is 0.692. The Labute approximate surface area is 106 Å². The highest BCUT2D eigenvalue weighted by Crippen LogP contribution is 2.23. The zero-order chi connectivity index (χ0) is 11.7. The maximum atomic E-state index is 5.68. The van der Waals surface area contributed by atoms with Crippen LogP contribution in [0, 0.1) is 0 Å². The third kappa shape index (κ3) is 2.61. The van der Waals surface area contributed by atoms with Gasteiger partial charge in [-0.15, -0.1) is 11.3 Å². The van der Waals surface area contributed by atoms with E-state index >= 15 is 0 Å². The Kier molecular flexibility index (Phi) is 3.31. The van der Waals surface area contributed by atoms with Crippen molar-refractivity contribution in [1.82, 2.24) is 14.8 Å². The van der Waals surface area contributed by atoms with E-state index in [0.29, 0.717) is 5.13 Å². The minimum atomic E-state index is 0.692. The second-order valence-electron chi connectivity index (χ2n) is 5.09. The Hall–Kier alpha value is -0.650. The Morgan fingerprint density at radius 1 is 1.35 bits per heavy atom. The topological polar surface area (TPSA) is 45.4 Å². The van der Waals surface area contributed by atoms with Crippen molar-refractivity contribution in [2.75, 3.05) is 31.9 Å². The number of nitrogen functional groups attached to an aromatic ring is 1. The fourth-order valence-electron chi connectivity index (χ4n) is 3.04. The zero-order valence-corrected chi connectivity index (χ0v) is 11.0. The first-order valence-electron chi connectivity index (χ1n) is 6.48. The Balaban J connectivity index is 1.63. The maximum Gasteiger partial charge on any atom is 0.180 e. The molecule has 3 heterocycles. The largest absolute Gasteiger partial charge is 0.375 e. The van der Waals surface area contributed by atoms with Gasteiger partial charge in [0.05, 0.1) is 0 Å². The van der Waals surface area contributed by atoms with Crippen molar-refractivity contribution in [2.24, 2.45) is 0 Å². The Morgan fingerprint density at radius 2 is 2.24 bits per heavy atom. The highest BCUT2D eigenvalue weighted by molar-refractivity contribution is 7.15. The number of fused-ring (bicyclic) bond motifs is 1. The molecule has 0 bridgehead atoms. The van der Waals surface area contributed by atoms with E-state index in [1.54, 1.807) is 11.3 Å². The summed E-state index contributed by atoms with van der Waals surface area (Å²) in [6, 6.07) is 0.794. The van der Waals surface area contributed by atoms with Crippen molar-refractivity contribution in [2.45, 2.75) is 31.8 Å². The molecule has 2 aliphatic rings. The standard InChI is InChI=1S/C12H20N4S/c13-12-14-7-11(17-12)9-15-4-2-6-16-5-1-3-10(16)8-15/h7,10H,1-6,8-9H2,(H2,13,14). The van der Waals surface area contributed by atoms with Gasteiger partial charge in [0.25, 0.3) is 0 Å². The molecule has 2 fully saturated rings. The van der Waals surface area contributed by atoms with Gasteiger partial charge in [-0.05, 0) is 38.9 Å². The van der Waals surface area contributed by atoms with Crippen molar-refractivity contribution in [3.63, 3.8) is 0 Å². The van der Waals surface area contributed by atoms with Gasteiger partial charge in [-0.3, -0.25) is 9.80 Å². The third-order valence-electron chi connectivity index (χ3n) is 3.84. The summed E-state index contributed by atoms with van der Waals surface area (Å²) in [5.74, 6) is 0. The minimum Gasteiger partial charge on any atom is -0.375 e. The molecule has 1 aromatic heterocycles. The molecule has 1 unspecified atom stereocenters.